The van der Waals surface area contributed by atoms with Crippen LogP contribution in [0.5, 0.6) is 0 Å². The van der Waals surface area contributed by atoms with Crippen molar-refractivity contribution in [1.82, 2.24) is 0 Å². The highest BCUT2D eigenvalue weighted by Crippen LogP contribution is 2.16. The third-order valence-corrected chi connectivity index (χ3v) is 7.45. The summed E-state index contributed by atoms with van der Waals surface area (Å²) in [5.41, 5.74) is 1.43. The predicted octanol–water partition coefficient (Wildman–Crippen LogP) is 1.61. The third-order valence-electron chi connectivity index (χ3n) is 3.89. The van der Waals surface area contributed by atoms with E-state index < -0.39 is 8.24 Å². The summed E-state index contributed by atoms with van der Waals surface area (Å²) in [7, 11) is -1.51. The lowest BCUT2D eigenvalue weighted by atomic mass is 10.2. The van der Waals surface area contributed by atoms with Gasteiger partial charge in [-0.25, -0.2) is 0 Å². The highest BCUT2D eigenvalue weighted by atomic mass is 28.3. The van der Waals surface area contributed by atoms with Crippen LogP contribution in [0.1, 0.15) is 6.92 Å². The largest absolute Gasteiger partial charge is 0.396 e. The van der Waals surface area contributed by atoms with Gasteiger partial charge in [0.15, 0.2) is 6.20 Å². The monoisotopic (exact) mass is 242 g/mol. The fourth-order valence-electron chi connectivity index (χ4n) is 2.85. The number of nitrogens with zero attached hydrogens (tertiary/aromatic N) is 2. The van der Waals surface area contributed by atoms with Gasteiger partial charge < -0.3 is 0 Å². The van der Waals surface area contributed by atoms with Gasteiger partial charge in [0.25, 0.3) is 0 Å². The summed E-state index contributed by atoms with van der Waals surface area (Å²) in [5.74, 6) is 0. The van der Waals surface area contributed by atoms with Crippen molar-refractivity contribution in [1.29, 1.82) is 0 Å². The molecule has 0 amide bonds. The zero-order valence-corrected chi connectivity index (χ0v) is 11.6. The van der Waals surface area contributed by atoms with E-state index in [1.54, 1.807) is 5.19 Å². The first-order valence-corrected chi connectivity index (χ1v) is 9.07. The lowest BCUT2D eigenvalue weighted by molar-refractivity contribution is -0.801. The van der Waals surface area contributed by atoms with Crippen LogP contribution in [0.2, 0.25) is 13.1 Å². The Labute approximate surface area is 103 Å². The molecule has 1 aliphatic heterocycles. The average molecular weight is 242 g/mol. The molecule has 0 unspecified atom stereocenters. The van der Waals surface area contributed by atoms with Gasteiger partial charge in [-0.2, -0.15) is 0 Å². The van der Waals surface area contributed by atoms with E-state index in [1.165, 1.54) is 10.9 Å². The van der Waals surface area contributed by atoms with Crippen LogP contribution < -0.4 is 9.75 Å². The Morgan fingerprint density at radius 3 is 2.71 bits per heavy atom. The first-order valence-electron chi connectivity index (χ1n) is 6.12. The second kappa shape index (κ2) is 3.50. The number of aromatic nitrogens is 1. The van der Waals surface area contributed by atoms with Gasteiger partial charge in [-0.15, -0.1) is 4.57 Å². The van der Waals surface area contributed by atoms with E-state index in [0.29, 0.717) is 0 Å². The van der Waals surface area contributed by atoms with Gasteiger partial charge in [-0.05, 0) is 25.2 Å². The summed E-state index contributed by atoms with van der Waals surface area (Å²) in [5, 5.41) is 2.90. The van der Waals surface area contributed by atoms with Crippen molar-refractivity contribution in [3.05, 3.63) is 36.5 Å². The van der Waals surface area contributed by atoms with Crippen LogP contribution in [0, 0.1) is 0 Å². The normalized spacial score (nSPS) is 19.8. The molecule has 0 spiro atoms. The third kappa shape index (κ3) is 1.39. The highest BCUT2D eigenvalue weighted by Gasteiger charge is 2.47. The van der Waals surface area contributed by atoms with Crippen LogP contribution in [0.4, 0.5) is 0 Å². The van der Waals surface area contributed by atoms with Crippen LogP contribution in [0.25, 0.3) is 10.9 Å². The first-order chi connectivity index (χ1) is 8.14. The molecule has 2 nitrogen and oxygen atoms in total. The lowest BCUT2D eigenvalue weighted by Gasteiger charge is -2.23. The topological polar surface area (TPSA) is 6.89 Å². The molecule has 0 saturated carbocycles. The van der Waals surface area contributed by atoms with Gasteiger partial charge >= 0.3 is 14.9 Å². The summed E-state index contributed by atoms with van der Waals surface area (Å²) in [6.45, 7) is 7.99. The van der Waals surface area contributed by atoms with Crippen molar-refractivity contribution >= 4 is 30.5 Å². The van der Waals surface area contributed by atoms with E-state index in [0.717, 1.165) is 6.67 Å². The Bertz CT molecular complexity index is 624. The highest BCUT2D eigenvalue weighted by molar-refractivity contribution is 6.85. The van der Waals surface area contributed by atoms with Crippen LogP contribution in [-0.4, -0.2) is 18.7 Å². The van der Waals surface area contributed by atoms with Crippen LogP contribution in [0.3, 0.4) is 0 Å². The van der Waals surface area contributed by atoms with Crippen molar-refractivity contribution < 1.29 is 8.81 Å². The standard InChI is InChI=1S/C14H18N2Si/c1-4-16-11-15-10-6-8-12-7-5-9-13(14(12)15)17(16,2)3/h4-10H,11H2,1-3H3/q+2/b16-4+. The summed E-state index contributed by atoms with van der Waals surface area (Å²) < 4.78 is 4.89. The molecular weight excluding hydrogens is 224 g/mol. The summed E-state index contributed by atoms with van der Waals surface area (Å²) in [6.07, 6.45) is 4.43. The number of hydrogen-bond donors (Lipinski definition) is 0. The van der Waals surface area contributed by atoms with Gasteiger partial charge in [0.2, 0.25) is 5.52 Å². The molecule has 1 aromatic carbocycles. The number of para-hydroxylation sites is 1. The Balaban J connectivity index is 2.45. The van der Waals surface area contributed by atoms with Crippen LogP contribution in [0.15, 0.2) is 36.5 Å². The SMILES string of the molecule is C/C=[N+]1\C[n+]2cccc3cccc(c32)[Si]1(C)C. The molecule has 2 heterocycles. The molecule has 0 bridgehead atoms. The molecule has 2 aromatic rings. The van der Waals surface area contributed by atoms with Gasteiger partial charge in [0, 0.05) is 18.4 Å². The smallest absolute Gasteiger partial charge is 0.252 e. The molecular formula is C14H18N2Si+2. The van der Waals surface area contributed by atoms with Crippen molar-refractivity contribution in [2.75, 3.05) is 0 Å². The zero-order valence-electron chi connectivity index (χ0n) is 10.6. The number of rotatable bonds is 0. The maximum Gasteiger partial charge on any atom is 0.396 e. The second-order valence-electron chi connectivity index (χ2n) is 5.15. The molecule has 1 aromatic heterocycles. The van der Waals surface area contributed by atoms with Gasteiger partial charge in [-0.1, -0.05) is 12.1 Å². The van der Waals surface area contributed by atoms with E-state index in [-0.39, 0.29) is 0 Å². The van der Waals surface area contributed by atoms with E-state index >= 15 is 0 Å². The maximum atomic E-state index is 2.52. The summed E-state index contributed by atoms with van der Waals surface area (Å²) in [4.78, 5) is 0. The second-order valence-corrected chi connectivity index (χ2v) is 9.38. The molecule has 0 fully saturated rings. The van der Waals surface area contributed by atoms with Crippen molar-refractivity contribution in [2.45, 2.75) is 26.7 Å². The molecule has 3 heteroatoms. The number of pyridine rings is 1. The molecule has 3 rings (SSSR count). The first kappa shape index (κ1) is 10.7. The minimum Gasteiger partial charge on any atom is -0.252 e. The molecule has 0 aliphatic carbocycles. The quantitative estimate of drug-likeness (QED) is 0.489. The van der Waals surface area contributed by atoms with Crippen molar-refractivity contribution in [3.8, 4) is 0 Å². The Hall–Kier alpha value is -1.48. The molecule has 0 N–H and O–H groups in total. The molecule has 1 aliphatic rings. The molecule has 0 radical (unpaired) electrons. The minimum atomic E-state index is -1.51. The Morgan fingerprint density at radius 2 is 1.94 bits per heavy atom. The maximum absolute atomic E-state index is 2.52. The van der Waals surface area contributed by atoms with Crippen molar-refractivity contribution in [3.63, 3.8) is 0 Å². The molecule has 0 atom stereocenters. The van der Waals surface area contributed by atoms with Crippen LogP contribution in [-0.2, 0) is 6.67 Å². The number of hydrogen-bond acceptors (Lipinski definition) is 0. The fraction of sp³-hybridized carbons (Fsp3) is 0.286. The van der Waals surface area contributed by atoms with Crippen LogP contribution >= 0.6 is 0 Å². The van der Waals surface area contributed by atoms with E-state index in [9.17, 15) is 0 Å². The Kier molecular flexibility index (Phi) is 2.20. The fourth-order valence-corrected chi connectivity index (χ4v) is 5.69. The zero-order chi connectivity index (χ0) is 12.0. The van der Waals surface area contributed by atoms with E-state index in [1.807, 2.05) is 0 Å². The molecule has 17 heavy (non-hydrogen) atoms. The molecule has 86 valence electrons. The number of benzene rings is 1. The predicted molar refractivity (Wildman–Crippen MR) is 73.3 cm³/mol. The summed E-state index contributed by atoms with van der Waals surface area (Å²) >= 11 is 0. The van der Waals surface area contributed by atoms with Gasteiger partial charge in [-0.3, -0.25) is 4.24 Å². The summed E-state index contributed by atoms with van der Waals surface area (Å²) in [6, 6.07) is 11.1. The lowest BCUT2D eigenvalue weighted by Crippen LogP contribution is -2.64. The van der Waals surface area contributed by atoms with E-state index in [4.69, 9.17) is 0 Å². The van der Waals surface area contributed by atoms with Gasteiger partial charge in [0.1, 0.15) is 6.21 Å². The average Bonchev–Trinajstić information content (AvgIpc) is 2.33. The van der Waals surface area contributed by atoms with Crippen molar-refractivity contribution in [2.24, 2.45) is 0 Å². The van der Waals surface area contributed by atoms with E-state index in [2.05, 4.69) is 71.6 Å². The molecule has 0 saturated heterocycles. The van der Waals surface area contributed by atoms with Gasteiger partial charge in [0.05, 0.1) is 5.19 Å². The Morgan fingerprint density at radius 1 is 1.18 bits per heavy atom. The minimum absolute atomic E-state index is 0.990.